The molecule has 0 aromatic carbocycles. The van der Waals surface area contributed by atoms with E-state index in [-0.39, 0.29) is 36.8 Å². The van der Waals surface area contributed by atoms with Crippen molar-refractivity contribution in [3.63, 3.8) is 0 Å². The van der Waals surface area contributed by atoms with Crippen LogP contribution >= 0.6 is 36.2 Å². The molecular weight excluding hydrogens is 357 g/mol. The van der Waals surface area contributed by atoms with Crippen molar-refractivity contribution in [2.75, 3.05) is 46.4 Å². The molecule has 134 valence electrons. The molecule has 23 heavy (non-hydrogen) atoms. The van der Waals surface area contributed by atoms with Crippen molar-refractivity contribution >= 4 is 42.1 Å². The molecule has 1 aliphatic rings. The van der Waals surface area contributed by atoms with E-state index in [1.54, 1.807) is 11.3 Å². The van der Waals surface area contributed by atoms with Gasteiger partial charge in [0.2, 0.25) is 5.91 Å². The highest BCUT2D eigenvalue weighted by atomic mass is 35.5. The Labute approximate surface area is 155 Å². The second-order valence-electron chi connectivity index (χ2n) is 5.35. The quantitative estimate of drug-likeness (QED) is 0.783. The van der Waals surface area contributed by atoms with Gasteiger partial charge in [0.1, 0.15) is 0 Å². The Bertz CT molecular complexity index is 428. The number of likely N-dealkylation sites (N-methyl/N-ethyl adjacent to an activating group) is 1. The average Bonchev–Trinajstić information content (AvgIpc) is 3.04. The third-order valence-corrected chi connectivity index (χ3v) is 4.80. The zero-order valence-electron chi connectivity index (χ0n) is 13.5. The predicted octanol–water partition coefficient (Wildman–Crippen LogP) is 2.16. The molecule has 1 atom stereocenters. The molecule has 0 bridgehead atoms. The lowest BCUT2D eigenvalue weighted by Gasteiger charge is -2.36. The summed E-state index contributed by atoms with van der Waals surface area (Å²) in [7, 11) is 1.89. The van der Waals surface area contributed by atoms with Gasteiger partial charge in [-0.05, 0) is 24.4 Å². The first-order valence-corrected chi connectivity index (χ1v) is 8.39. The van der Waals surface area contributed by atoms with E-state index >= 15 is 0 Å². The summed E-state index contributed by atoms with van der Waals surface area (Å²) >= 11 is 1.76. The van der Waals surface area contributed by atoms with Gasteiger partial charge in [0, 0.05) is 38.0 Å². The predicted molar refractivity (Wildman–Crippen MR) is 99.9 cm³/mol. The number of nitrogens with zero attached hydrogens (tertiary/aromatic N) is 2. The maximum atomic E-state index is 12.1. The summed E-state index contributed by atoms with van der Waals surface area (Å²) in [5.41, 5.74) is 5.48. The number of halogens is 2. The van der Waals surface area contributed by atoms with Gasteiger partial charge in [-0.15, -0.1) is 36.2 Å². The summed E-state index contributed by atoms with van der Waals surface area (Å²) < 4.78 is 5.44. The van der Waals surface area contributed by atoms with Crippen LogP contribution in [-0.4, -0.2) is 62.1 Å². The molecule has 0 spiro atoms. The highest BCUT2D eigenvalue weighted by Crippen LogP contribution is 2.26. The Balaban J connectivity index is 0.00000242. The molecule has 0 radical (unpaired) electrons. The largest absolute Gasteiger partial charge is 0.379 e. The molecule has 1 aromatic rings. The summed E-state index contributed by atoms with van der Waals surface area (Å²) in [4.78, 5) is 17.7. The average molecular weight is 384 g/mol. The van der Waals surface area contributed by atoms with Gasteiger partial charge >= 0.3 is 0 Å². The van der Waals surface area contributed by atoms with Crippen LogP contribution in [0.2, 0.25) is 0 Å². The van der Waals surface area contributed by atoms with E-state index in [9.17, 15) is 4.79 Å². The molecule has 1 amide bonds. The van der Waals surface area contributed by atoms with E-state index in [0.717, 1.165) is 39.3 Å². The third kappa shape index (κ3) is 6.95. The van der Waals surface area contributed by atoms with Gasteiger partial charge in [0.15, 0.2) is 0 Å². The summed E-state index contributed by atoms with van der Waals surface area (Å²) in [5, 5.41) is 2.10. The molecule has 2 heterocycles. The number of carbonyl (C=O) groups is 1. The highest BCUT2D eigenvalue weighted by Gasteiger charge is 2.25. The van der Waals surface area contributed by atoms with Crippen LogP contribution in [0, 0.1) is 0 Å². The van der Waals surface area contributed by atoms with Crippen LogP contribution in [0.3, 0.4) is 0 Å². The van der Waals surface area contributed by atoms with Crippen LogP contribution in [0.25, 0.3) is 0 Å². The van der Waals surface area contributed by atoms with Crippen LogP contribution in [0.1, 0.15) is 23.8 Å². The number of carbonyl (C=O) groups excluding carboxylic acids is 1. The van der Waals surface area contributed by atoms with E-state index in [2.05, 4.69) is 22.4 Å². The molecule has 0 saturated carbocycles. The molecular formula is C15H27Cl2N3O2S. The number of thiophene rings is 1. The van der Waals surface area contributed by atoms with Gasteiger partial charge in [-0.3, -0.25) is 9.69 Å². The summed E-state index contributed by atoms with van der Waals surface area (Å²) in [5.74, 6) is 0.176. The number of hydrogen-bond donors (Lipinski definition) is 1. The van der Waals surface area contributed by atoms with E-state index in [1.165, 1.54) is 4.88 Å². The fraction of sp³-hybridized carbons (Fsp3) is 0.667. The fourth-order valence-corrected chi connectivity index (χ4v) is 3.41. The fourth-order valence-electron chi connectivity index (χ4n) is 2.56. The summed E-state index contributed by atoms with van der Waals surface area (Å²) in [6.07, 6.45) is 1.29. The van der Waals surface area contributed by atoms with Crippen molar-refractivity contribution in [2.45, 2.75) is 18.9 Å². The van der Waals surface area contributed by atoms with Crippen molar-refractivity contribution < 1.29 is 9.53 Å². The van der Waals surface area contributed by atoms with Crippen LogP contribution in [-0.2, 0) is 9.53 Å². The van der Waals surface area contributed by atoms with Crippen LogP contribution in [0.4, 0.5) is 0 Å². The van der Waals surface area contributed by atoms with Crippen molar-refractivity contribution in [3.8, 4) is 0 Å². The van der Waals surface area contributed by atoms with Gasteiger partial charge in [-0.1, -0.05) is 6.07 Å². The summed E-state index contributed by atoms with van der Waals surface area (Å²) in [6, 6.07) is 4.49. The van der Waals surface area contributed by atoms with Crippen molar-refractivity contribution in [3.05, 3.63) is 22.4 Å². The number of rotatable bonds is 7. The van der Waals surface area contributed by atoms with E-state index in [1.807, 2.05) is 11.9 Å². The Morgan fingerprint density at radius 2 is 2.13 bits per heavy atom. The first-order chi connectivity index (χ1) is 10.2. The SMILES string of the molecule is CN(CC(c1cccs1)N1CCOCC1)C(=O)CCCN.Cl.Cl. The van der Waals surface area contributed by atoms with Crippen LogP contribution in [0.5, 0.6) is 0 Å². The molecule has 1 fully saturated rings. The standard InChI is InChI=1S/C15H25N3O2S.2ClH/c1-17(15(19)5-2-6-16)12-13(14-4-3-11-21-14)18-7-9-20-10-8-18;;/h3-4,11,13H,2,5-10,12,16H2,1H3;2*1H. The lowest BCUT2D eigenvalue weighted by Crippen LogP contribution is -2.44. The highest BCUT2D eigenvalue weighted by molar-refractivity contribution is 7.10. The molecule has 5 nitrogen and oxygen atoms in total. The lowest BCUT2D eigenvalue weighted by atomic mass is 10.1. The zero-order chi connectivity index (χ0) is 15.1. The molecule has 2 N–H and O–H groups in total. The minimum atomic E-state index is 0. The lowest BCUT2D eigenvalue weighted by molar-refractivity contribution is -0.131. The smallest absolute Gasteiger partial charge is 0.222 e. The normalized spacial score (nSPS) is 16.1. The molecule has 1 unspecified atom stereocenters. The zero-order valence-corrected chi connectivity index (χ0v) is 15.9. The van der Waals surface area contributed by atoms with Gasteiger partial charge < -0.3 is 15.4 Å². The molecule has 1 aromatic heterocycles. The maximum Gasteiger partial charge on any atom is 0.222 e. The second kappa shape index (κ2) is 12.1. The number of hydrogen-bond acceptors (Lipinski definition) is 5. The Morgan fingerprint density at radius 3 is 2.70 bits per heavy atom. The minimum absolute atomic E-state index is 0. The topological polar surface area (TPSA) is 58.8 Å². The van der Waals surface area contributed by atoms with E-state index in [0.29, 0.717) is 13.0 Å². The number of morpholine rings is 1. The Kier molecular flexibility index (Phi) is 11.9. The van der Waals surface area contributed by atoms with E-state index in [4.69, 9.17) is 10.5 Å². The van der Waals surface area contributed by atoms with Crippen molar-refractivity contribution in [1.29, 1.82) is 0 Å². The Hall–Kier alpha value is -0.370. The van der Waals surface area contributed by atoms with Gasteiger partial charge in [-0.25, -0.2) is 0 Å². The molecule has 1 aliphatic heterocycles. The van der Waals surface area contributed by atoms with Gasteiger partial charge in [0.05, 0.1) is 19.3 Å². The summed E-state index contributed by atoms with van der Waals surface area (Å²) in [6.45, 7) is 4.68. The second-order valence-corrected chi connectivity index (χ2v) is 6.33. The van der Waals surface area contributed by atoms with E-state index < -0.39 is 0 Å². The number of nitrogens with two attached hydrogens (primary N) is 1. The first kappa shape index (κ1) is 22.6. The molecule has 2 rings (SSSR count). The third-order valence-electron chi connectivity index (χ3n) is 3.83. The van der Waals surface area contributed by atoms with Crippen LogP contribution in [0.15, 0.2) is 17.5 Å². The van der Waals surface area contributed by atoms with Crippen molar-refractivity contribution in [2.24, 2.45) is 5.73 Å². The number of ether oxygens (including phenoxy) is 1. The molecule has 8 heteroatoms. The minimum Gasteiger partial charge on any atom is -0.379 e. The molecule has 0 aliphatic carbocycles. The monoisotopic (exact) mass is 383 g/mol. The van der Waals surface area contributed by atoms with Crippen molar-refractivity contribution in [1.82, 2.24) is 9.80 Å². The maximum absolute atomic E-state index is 12.1. The van der Waals surface area contributed by atoms with Gasteiger partial charge in [0.25, 0.3) is 0 Å². The van der Waals surface area contributed by atoms with Gasteiger partial charge in [-0.2, -0.15) is 0 Å². The Morgan fingerprint density at radius 1 is 1.43 bits per heavy atom. The van der Waals surface area contributed by atoms with Crippen LogP contribution < -0.4 is 5.73 Å². The molecule has 1 saturated heterocycles. The number of amides is 1. The first-order valence-electron chi connectivity index (χ1n) is 7.51.